The summed E-state index contributed by atoms with van der Waals surface area (Å²) in [5.41, 5.74) is 5.30. The Morgan fingerprint density at radius 1 is 1.28 bits per heavy atom. The van der Waals surface area contributed by atoms with E-state index in [0.29, 0.717) is 13.0 Å². The van der Waals surface area contributed by atoms with Crippen molar-refractivity contribution in [1.82, 2.24) is 4.90 Å². The standard InChI is InChI=1S/C14H30N2O2/c1-7-13(3,4)16(6)11-9-10-14(5,15)12(17)18-8-2/h7-11,15H2,1-6H3. The van der Waals surface area contributed by atoms with Crippen molar-refractivity contribution >= 4 is 5.97 Å². The van der Waals surface area contributed by atoms with Gasteiger partial charge in [-0.1, -0.05) is 6.92 Å². The van der Waals surface area contributed by atoms with Crippen molar-refractivity contribution in [2.45, 2.75) is 65.0 Å². The fourth-order valence-corrected chi connectivity index (χ4v) is 1.65. The Balaban J connectivity index is 4.15. The lowest BCUT2D eigenvalue weighted by molar-refractivity contribution is -0.149. The molecule has 0 saturated carbocycles. The van der Waals surface area contributed by atoms with E-state index in [1.165, 1.54) is 0 Å². The van der Waals surface area contributed by atoms with Crippen molar-refractivity contribution in [3.8, 4) is 0 Å². The number of ether oxygens (including phenoxy) is 1. The lowest BCUT2D eigenvalue weighted by Crippen LogP contribution is -2.47. The summed E-state index contributed by atoms with van der Waals surface area (Å²) in [6.45, 7) is 11.5. The fourth-order valence-electron chi connectivity index (χ4n) is 1.65. The van der Waals surface area contributed by atoms with Crippen LogP contribution in [0.3, 0.4) is 0 Å². The second-order valence-electron chi connectivity index (χ2n) is 5.83. The molecule has 0 saturated heterocycles. The minimum absolute atomic E-state index is 0.189. The van der Waals surface area contributed by atoms with Crippen LogP contribution in [0.2, 0.25) is 0 Å². The topological polar surface area (TPSA) is 55.6 Å². The van der Waals surface area contributed by atoms with Gasteiger partial charge < -0.3 is 15.4 Å². The molecule has 0 amide bonds. The molecule has 4 nitrogen and oxygen atoms in total. The van der Waals surface area contributed by atoms with Gasteiger partial charge in [0.25, 0.3) is 0 Å². The highest BCUT2D eigenvalue weighted by Gasteiger charge is 2.30. The quantitative estimate of drug-likeness (QED) is 0.678. The van der Waals surface area contributed by atoms with Crippen molar-refractivity contribution in [2.75, 3.05) is 20.2 Å². The summed E-state index contributed by atoms with van der Waals surface area (Å²) < 4.78 is 4.98. The van der Waals surface area contributed by atoms with Crippen molar-refractivity contribution in [2.24, 2.45) is 5.73 Å². The zero-order chi connectivity index (χ0) is 14.4. The Bertz CT molecular complexity index is 263. The van der Waals surface area contributed by atoms with Crippen LogP contribution in [0.25, 0.3) is 0 Å². The molecule has 0 heterocycles. The van der Waals surface area contributed by atoms with Gasteiger partial charge >= 0.3 is 5.97 Å². The van der Waals surface area contributed by atoms with Crippen LogP contribution in [0, 0.1) is 0 Å². The first kappa shape index (κ1) is 17.4. The predicted molar refractivity (Wildman–Crippen MR) is 75.5 cm³/mol. The number of nitrogens with zero attached hydrogens (tertiary/aromatic N) is 1. The van der Waals surface area contributed by atoms with E-state index in [4.69, 9.17) is 10.5 Å². The molecule has 0 radical (unpaired) electrons. The Morgan fingerprint density at radius 3 is 2.28 bits per heavy atom. The maximum absolute atomic E-state index is 11.6. The van der Waals surface area contributed by atoms with Crippen LogP contribution in [0.5, 0.6) is 0 Å². The van der Waals surface area contributed by atoms with Gasteiger partial charge in [0.15, 0.2) is 0 Å². The van der Waals surface area contributed by atoms with Gasteiger partial charge in [0.05, 0.1) is 6.61 Å². The van der Waals surface area contributed by atoms with Gasteiger partial charge in [0.1, 0.15) is 5.54 Å². The summed E-state index contributed by atoms with van der Waals surface area (Å²) in [4.78, 5) is 13.9. The zero-order valence-electron chi connectivity index (χ0n) is 12.9. The molecule has 1 unspecified atom stereocenters. The summed E-state index contributed by atoms with van der Waals surface area (Å²) in [5, 5.41) is 0. The van der Waals surface area contributed by atoms with E-state index in [-0.39, 0.29) is 11.5 Å². The van der Waals surface area contributed by atoms with Gasteiger partial charge in [-0.25, -0.2) is 0 Å². The molecule has 0 spiro atoms. The number of rotatable bonds is 8. The third kappa shape index (κ3) is 5.36. The Kier molecular flexibility index (Phi) is 6.86. The number of nitrogens with two attached hydrogens (primary N) is 1. The van der Waals surface area contributed by atoms with Crippen LogP contribution in [0.4, 0.5) is 0 Å². The molecule has 0 aliphatic heterocycles. The number of esters is 1. The van der Waals surface area contributed by atoms with Crippen LogP contribution in [0.1, 0.15) is 53.9 Å². The number of carbonyl (C=O) groups excluding carboxylic acids is 1. The highest BCUT2D eigenvalue weighted by molar-refractivity contribution is 5.79. The van der Waals surface area contributed by atoms with Crippen molar-refractivity contribution in [3.05, 3.63) is 0 Å². The Hall–Kier alpha value is -0.610. The average Bonchev–Trinajstić information content (AvgIpc) is 2.28. The molecule has 0 aromatic heterocycles. The molecule has 108 valence electrons. The summed E-state index contributed by atoms with van der Waals surface area (Å²) in [6.07, 6.45) is 2.64. The smallest absolute Gasteiger partial charge is 0.325 e. The molecule has 0 aromatic carbocycles. The van der Waals surface area contributed by atoms with Gasteiger partial charge in [-0.3, -0.25) is 4.79 Å². The molecule has 2 N–H and O–H groups in total. The highest BCUT2D eigenvalue weighted by Crippen LogP contribution is 2.18. The SMILES string of the molecule is CCOC(=O)C(C)(N)CCCN(C)C(C)(C)CC. The minimum Gasteiger partial charge on any atom is -0.465 e. The summed E-state index contributed by atoms with van der Waals surface area (Å²) in [7, 11) is 2.11. The van der Waals surface area contributed by atoms with Crippen molar-refractivity contribution in [3.63, 3.8) is 0 Å². The molecule has 0 aliphatic carbocycles. The van der Waals surface area contributed by atoms with Gasteiger partial charge in [0, 0.05) is 5.54 Å². The number of carbonyl (C=O) groups is 1. The van der Waals surface area contributed by atoms with Gasteiger partial charge in [0.2, 0.25) is 0 Å². The van der Waals surface area contributed by atoms with Crippen LogP contribution in [-0.2, 0) is 9.53 Å². The number of hydrogen-bond acceptors (Lipinski definition) is 4. The largest absolute Gasteiger partial charge is 0.465 e. The van der Waals surface area contributed by atoms with Crippen molar-refractivity contribution in [1.29, 1.82) is 0 Å². The molecule has 1 atom stereocenters. The van der Waals surface area contributed by atoms with Crippen LogP contribution >= 0.6 is 0 Å². The van der Waals surface area contributed by atoms with E-state index in [0.717, 1.165) is 19.4 Å². The molecular formula is C14H30N2O2. The van der Waals surface area contributed by atoms with Gasteiger partial charge in [-0.15, -0.1) is 0 Å². The third-order valence-corrected chi connectivity index (χ3v) is 3.83. The molecule has 18 heavy (non-hydrogen) atoms. The first-order valence-electron chi connectivity index (χ1n) is 6.84. The van der Waals surface area contributed by atoms with Gasteiger partial charge in [-0.05, 0) is 60.5 Å². The predicted octanol–water partition coefficient (Wildman–Crippen LogP) is 2.17. The van der Waals surface area contributed by atoms with E-state index < -0.39 is 5.54 Å². The summed E-state index contributed by atoms with van der Waals surface area (Å²) >= 11 is 0. The summed E-state index contributed by atoms with van der Waals surface area (Å²) in [5.74, 6) is -0.303. The monoisotopic (exact) mass is 258 g/mol. The second-order valence-corrected chi connectivity index (χ2v) is 5.83. The van der Waals surface area contributed by atoms with Gasteiger partial charge in [-0.2, -0.15) is 0 Å². The molecule has 0 rings (SSSR count). The molecule has 0 fully saturated rings. The van der Waals surface area contributed by atoms with E-state index in [2.05, 4.69) is 32.7 Å². The number of hydrogen-bond donors (Lipinski definition) is 1. The molecule has 0 aromatic rings. The van der Waals surface area contributed by atoms with E-state index in [1.807, 2.05) is 0 Å². The van der Waals surface area contributed by atoms with E-state index in [9.17, 15) is 4.79 Å². The molecule has 0 bridgehead atoms. The van der Waals surface area contributed by atoms with Crippen LogP contribution in [0.15, 0.2) is 0 Å². The lowest BCUT2D eigenvalue weighted by Gasteiger charge is -2.35. The zero-order valence-corrected chi connectivity index (χ0v) is 12.9. The van der Waals surface area contributed by atoms with Crippen LogP contribution in [-0.4, -0.2) is 42.1 Å². The lowest BCUT2D eigenvalue weighted by atomic mass is 9.95. The Labute approximate surface area is 112 Å². The second kappa shape index (κ2) is 7.10. The highest BCUT2D eigenvalue weighted by atomic mass is 16.5. The fraction of sp³-hybridized carbons (Fsp3) is 0.929. The first-order chi connectivity index (χ1) is 8.17. The first-order valence-corrected chi connectivity index (χ1v) is 6.84. The normalized spacial score (nSPS) is 15.6. The average molecular weight is 258 g/mol. The van der Waals surface area contributed by atoms with Crippen molar-refractivity contribution < 1.29 is 9.53 Å². The van der Waals surface area contributed by atoms with E-state index in [1.54, 1.807) is 13.8 Å². The molecule has 4 heteroatoms. The summed E-state index contributed by atoms with van der Waals surface area (Å²) in [6, 6.07) is 0. The molecule has 0 aliphatic rings. The van der Waals surface area contributed by atoms with E-state index >= 15 is 0 Å². The third-order valence-electron chi connectivity index (χ3n) is 3.83. The molecular weight excluding hydrogens is 228 g/mol. The minimum atomic E-state index is -0.868. The maximum atomic E-state index is 11.6. The maximum Gasteiger partial charge on any atom is 0.325 e. The van der Waals surface area contributed by atoms with Crippen LogP contribution < -0.4 is 5.73 Å². The Morgan fingerprint density at radius 2 is 1.83 bits per heavy atom.